The molecule has 0 saturated carbocycles. The lowest BCUT2D eigenvalue weighted by Gasteiger charge is -2.37. The number of carbonyl (C=O) groups excluding carboxylic acids is 1. The second-order valence-electron chi connectivity index (χ2n) is 4.43. The second-order valence-corrected chi connectivity index (χ2v) is 8.01. The number of nitrogens with zero attached hydrogens (tertiary/aromatic N) is 1. The molecule has 0 atom stereocenters. The van der Waals surface area contributed by atoms with Crippen molar-refractivity contribution in [2.75, 3.05) is 18.8 Å². The Hall–Kier alpha value is -0.000000000000000111. The summed E-state index contributed by atoms with van der Waals surface area (Å²) < 4.78 is 1.09. The van der Waals surface area contributed by atoms with Gasteiger partial charge in [0.15, 0.2) is 0 Å². The molecule has 1 aliphatic rings. The first kappa shape index (κ1) is 12.5. The largest absolute Gasteiger partial charge is 0.336 e. The Kier molecular flexibility index (Phi) is 3.66. The molecule has 1 aromatic rings. The predicted octanol–water partition coefficient (Wildman–Crippen LogP) is 3.48. The van der Waals surface area contributed by atoms with Crippen LogP contribution in [0.25, 0.3) is 0 Å². The predicted molar refractivity (Wildman–Crippen MR) is 74.5 cm³/mol. The van der Waals surface area contributed by atoms with E-state index in [1.54, 1.807) is 0 Å². The molecule has 0 N–H and O–H groups in total. The van der Waals surface area contributed by atoms with Crippen LogP contribution < -0.4 is 0 Å². The Morgan fingerprint density at radius 1 is 1.56 bits per heavy atom. The number of rotatable bonds is 1. The highest BCUT2D eigenvalue weighted by Crippen LogP contribution is 2.32. The molecule has 88 valence electrons. The molecule has 16 heavy (non-hydrogen) atoms. The third kappa shape index (κ3) is 2.63. The van der Waals surface area contributed by atoms with Crippen LogP contribution in [0.3, 0.4) is 0 Å². The minimum atomic E-state index is 0.162. The van der Waals surface area contributed by atoms with E-state index in [0.717, 1.165) is 28.2 Å². The van der Waals surface area contributed by atoms with Crippen LogP contribution in [0.4, 0.5) is 0 Å². The maximum absolute atomic E-state index is 12.3. The number of hydrogen-bond donors (Lipinski definition) is 0. The Morgan fingerprint density at radius 2 is 2.31 bits per heavy atom. The summed E-state index contributed by atoms with van der Waals surface area (Å²) in [5.41, 5.74) is 0. The number of hydrogen-bond acceptors (Lipinski definition) is 3. The van der Waals surface area contributed by atoms with Gasteiger partial charge in [-0.25, -0.2) is 0 Å². The van der Waals surface area contributed by atoms with Gasteiger partial charge >= 0.3 is 0 Å². The number of thiophene rings is 1. The first-order chi connectivity index (χ1) is 7.49. The summed E-state index contributed by atoms with van der Waals surface area (Å²) in [4.78, 5) is 15.1. The molecule has 0 spiro atoms. The first-order valence-electron chi connectivity index (χ1n) is 5.16. The normalized spacial score (nSPS) is 19.8. The molecule has 1 aliphatic heterocycles. The molecular weight excluding hydrogens is 306 g/mol. The molecule has 0 bridgehead atoms. The molecule has 5 heteroatoms. The molecule has 1 saturated heterocycles. The molecule has 2 rings (SSSR count). The first-order valence-corrected chi connectivity index (χ1v) is 7.82. The van der Waals surface area contributed by atoms with Crippen molar-refractivity contribution in [1.29, 1.82) is 0 Å². The lowest BCUT2D eigenvalue weighted by molar-refractivity contribution is 0.0752. The highest BCUT2D eigenvalue weighted by molar-refractivity contribution is 9.10. The number of amides is 1. The zero-order chi connectivity index (χ0) is 11.8. The van der Waals surface area contributed by atoms with Crippen molar-refractivity contribution in [1.82, 2.24) is 4.90 Å². The van der Waals surface area contributed by atoms with Crippen molar-refractivity contribution < 1.29 is 4.79 Å². The van der Waals surface area contributed by atoms with E-state index in [-0.39, 0.29) is 10.7 Å². The average molecular weight is 320 g/mol. The Morgan fingerprint density at radius 3 is 2.88 bits per heavy atom. The van der Waals surface area contributed by atoms with Crippen LogP contribution in [0.5, 0.6) is 0 Å². The van der Waals surface area contributed by atoms with E-state index >= 15 is 0 Å². The summed E-state index contributed by atoms with van der Waals surface area (Å²) in [6.07, 6.45) is 0. The van der Waals surface area contributed by atoms with E-state index < -0.39 is 0 Å². The van der Waals surface area contributed by atoms with E-state index in [1.165, 1.54) is 11.3 Å². The maximum atomic E-state index is 12.3. The standard InChI is InChI=1S/C11H14BrNOS2/c1-11(2)7-13(4-6-16-11)10(14)9-8(12)3-5-15-9/h3,5H,4,6-7H2,1-2H3. The Bertz CT molecular complexity index is 402. The summed E-state index contributed by atoms with van der Waals surface area (Å²) in [6.45, 7) is 6.08. The summed E-state index contributed by atoms with van der Waals surface area (Å²) >= 11 is 6.87. The number of thioether (sulfide) groups is 1. The highest BCUT2D eigenvalue weighted by Gasteiger charge is 2.31. The van der Waals surface area contributed by atoms with Crippen LogP contribution in [0, 0.1) is 0 Å². The summed E-state index contributed by atoms with van der Waals surface area (Å²) in [6, 6.07) is 1.93. The van der Waals surface area contributed by atoms with Crippen molar-refractivity contribution in [3.63, 3.8) is 0 Å². The van der Waals surface area contributed by atoms with Crippen LogP contribution in [-0.4, -0.2) is 34.4 Å². The smallest absolute Gasteiger partial charge is 0.265 e. The molecule has 0 radical (unpaired) electrons. The van der Waals surface area contributed by atoms with E-state index in [4.69, 9.17) is 0 Å². The van der Waals surface area contributed by atoms with Gasteiger partial charge in [0.05, 0.1) is 0 Å². The summed E-state index contributed by atoms with van der Waals surface area (Å²) in [7, 11) is 0. The third-order valence-corrected chi connectivity index (χ3v) is 5.65. The Balaban J connectivity index is 2.14. The van der Waals surface area contributed by atoms with Gasteiger partial charge in [-0.2, -0.15) is 11.8 Å². The van der Waals surface area contributed by atoms with Gasteiger partial charge in [0, 0.05) is 28.1 Å². The van der Waals surface area contributed by atoms with Gasteiger partial charge in [-0.3, -0.25) is 4.79 Å². The average Bonchev–Trinajstić information content (AvgIpc) is 2.62. The van der Waals surface area contributed by atoms with Gasteiger partial charge in [0.1, 0.15) is 4.88 Å². The van der Waals surface area contributed by atoms with Crippen molar-refractivity contribution in [3.8, 4) is 0 Å². The van der Waals surface area contributed by atoms with E-state index in [1.807, 2.05) is 28.1 Å². The molecule has 2 heterocycles. The fourth-order valence-corrected chi connectivity index (χ4v) is 4.40. The van der Waals surface area contributed by atoms with E-state index in [0.29, 0.717) is 0 Å². The van der Waals surface area contributed by atoms with Gasteiger partial charge in [0.25, 0.3) is 5.91 Å². The van der Waals surface area contributed by atoms with E-state index in [2.05, 4.69) is 29.8 Å². The van der Waals surface area contributed by atoms with Crippen molar-refractivity contribution in [2.45, 2.75) is 18.6 Å². The number of halogens is 1. The lowest BCUT2D eigenvalue weighted by Crippen LogP contribution is -2.46. The van der Waals surface area contributed by atoms with Crippen LogP contribution in [-0.2, 0) is 0 Å². The fraction of sp³-hybridized carbons (Fsp3) is 0.545. The molecule has 0 aromatic carbocycles. The molecule has 2 nitrogen and oxygen atoms in total. The monoisotopic (exact) mass is 319 g/mol. The van der Waals surface area contributed by atoms with Gasteiger partial charge in [-0.05, 0) is 41.2 Å². The minimum Gasteiger partial charge on any atom is -0.336 e. The SMILES string of the molecule is CC1(C)CN(C(=O)c2sccc2Br)CCS1. The van der Waals surface area contributed by atoms with Crippen LogP contribution in [0.15, 0.2) is 15.9 Å². The molecule has 1 amide bonds. The van der Waals surface area contributed by atoms with Gasteiger partial charge < -0.3 is 4.90 Å². The second kappa shape index (κ2) is 4.70. The van der Waals surface area contributed by atoms with E-state index in [9.17, 15) is 4.79 Å². The quantitative estimate of drug-likeness (QED) is 0.790. The summed E-state index contributed by atoms with van der Waals surface area (Å²) in [5.74, 6) is 1.19. The van der Waals surface area contributed by atoms with Gasteiger partial charge in [-0.1, -0.05) is 0 Å². The zero-order valence-electron chi connectivity index (χ0n) is 9.33. The maximum Gasteiger partial charge on any atom is 0.265 e. The molecule has 0 aliphatic carbocycles. The topological polar surface area (TPSA) is 20.3 Å². The highest BCUT2D eigenvalue weighted by atomic mass is 79.9. The molecule has 1 aromatic heterocycles. The fourth-order valence-electron chi connectivity index (χ4n) is 1.78. The molecule has 0 unspecified atom stereocenters. The van der Waals surface area contributed by atoms with Gasteiger partial charge in [-0.15, -0.1) is 11.3 Å². The van der Waals surface area contributed by atoms with Crippen molar-refractivity contribution in [2.24, 2.45) is 0 Å². The molecule has 1 fully saturated rings. The van der Waals surface area contributed by atoms with Gasteiger partial charge in [0.2, 0.25) is 0 Å². The number of carbonyl (C=O) groups is 1. The lowest BCUT2D eigenvalue weighted by atomic mass is 10.2. The van der Waals surface area contributed by atoms with Crippen molar-refractivity contribution in [3.05, 3.63) is 20.8 Å². The van der Waals surface area contributed by atoms with Crippen LogP contribution in [0.2, 0.25) is 0 Å². The van der Waals surface area contributed by atoms with Crippen molar-refractivity contribution >= 4 is 44.9 Å². The molecular formula is C11H14BrNOS2. The summed E-state index contributed by atoms with van der Waals surface area (Å²) in [5, 5.41) is 1.95. The van der Waals surface area contributed by atoms with Crippen LogP contribution >= 0.6 is 39.0 Å². The minimum absolute atomic E-state index is 0.162. The Labute approximate surface area is 113 Å². The zero-order valence-corrected chi connectivity index (χ0v) is 12.5. The van der Waals surface area contributed by atoms with Crippen LogP contribution in [0.1, 0.15) is 23.5 Å². The third-order valence-electron chi connectivity index (χ3n) is 2.52.